The van der Waals surface area contributed by atoms with Gasteiger partial charge in [-0.2, -0.15) is 0 Å². The lowest BCUT2D eigenvalue weighted by molar-refractivity contribution is -0.257. The molecule has 0 saturated carbocycles. The minimum atomic E-state index is -1.34. The van der Waals surface area contributed by atoms with Gasteiger partial charge in [-0.1, -0.05) is 0 Å². The number of amides is 1. The summed E-state index contributed by atoms with van der Waals surface area (Å²) in [7, 11) is 2.57. The number of methoxy groups -OCH3 is 2. The van der Waals surface area contributed by atoms with Crippen molar-refractivity contribution in [3.63, 3.8) is 0 Å². The molecule has 1 aliphatic rings. The zero-order valence-corrected chi connectivity index (χ0v) is 20.7. The van der Waals surface area contributed by atoms with Gasteiger partial charge in [-0.3, -0.25) is 19.2 Å². The molecule has 1 aromatic carbocycles. The molecule has 1 heterocycles. The number of hydrogen-bond acceptors (Lipinski definition) is 12. The van der Waals surface area contributed by atoms with Gasteiger partial charge in [0.15, 0.2) is 23.7 Å². The van der Waals surface area contributed by atoms with Crippen LogP contribution in [-0.2, 0) is 42.9 Å². The fraction of sp³-hybridized carbons (Fsp3) is 0.522. The maximum absolute atomic E-state index is 12.0. The summed E-state index contributed by atoms with van der Waals surface area (Å²) in [6.45, 7) is 4.29. The molecule has 0 aliphatic carbocycles. The molecule has 0 radical (unpaired) electrons. The third-order valence-electron chi connectivity index (χ3n) is 4.90. The lowest BCUT2D eigenvalue weighted by Gasteiger charge is -2.44. The maximum Gasteiger partial charge on any atom is 0.337 e. The molecule has 1 N–H and O–H groups in total. The Bertz CT molecular complexity index is 993. The van der Waals surface area contributed by atoms with E-state index < -0.39 is 60.4 Å². The topological polar surface area (TPSA) is 162 Å². The lowest BCUT2D eigenvalue weighted by atomic mass is 9.96. The standard InChI is InChI=1S/C23H29NO12/c1-11(25)24-19-21(34-14(4)28)20(33-13(3)27)18(10-32-12(2)26)36-23(19)35-16-8-7-15(22(29)31-6)9-17(16)30-5/h7-9,18-21,23H,10H2,1-6H3,(H,24,25)/t18-,19-,20+,21-,23+/m0/s1. The zero-order chi connectivity index (χ0) is 27.0. The monoisotopic (exact) mass is 511 g/mol. The van der Waals surface area contributed by atoms with Crippen LogP contribution in [0.1, 0.15) is 38.1 Å². The summed E-state index contributed by atoms with van der Waals surface area (Å²) in [5.41, 5.74) is 0.185. The Kier molecular flexibility index (Phi) is 10.0. The predicted molar refractivity (Wildman–Crippen MR) is 119 cm³/mol. The van der Waals surface area contributed by atoms with Crippen LogP contribution in [0.15, 0.2) is 18.2 Å². The second-order valence-corrected chi connectivity index (χ2v) is 7.69. The third-order valence-corrected chi connectivity index (χ3v) is 4.90. The fourth-order valence-corrected chi connectivity index (χ4v) is 3.53. The summed E-state index contributed by atoms with van der Waals surface area (Å²) in [4.78, 5) is 59.1. The van der Waals surface area contributed by atoms with Crippen LogP contribution >= 0.6 is 0 Å². The molecule has 5 atom stereocenters. The van der Waals surface area contributed by atoms with Crippen molar-refractivity contribution in [2.75, 3.05) is 20.8 Å². The predicted octanol–water partition coefficient (Wildman–Crippen LogP) is 0.517. The van der Waals surface area contributed by atoms with Crippen LogP contribution in [0, 0.1) is 0 Å². The average Bonchev–Trinajstić information content (AvgIpc) is 2.80. The first kappa shape index (κ1) is 28.4. The quantitative estimate of drug-likeness (QED) is 0.362. The highest BCUT2D eigenvalue weighted by atomic mass is 16.7. The first-order chi connectivity index (χ1) is 17.0. The maximum atomic E-state index is 12.0. The Labute approximate surface area is 207 Å². The smallest absolute Gasteiger partial charge is 0.337 e. The Morgan fingerprint density at radius 2 is 1.53 bits per heavy atom. The van der Waals surface area contributed by atoms with Gasteiger partial charge in [0.25, 0.3) is 0 Å². The Balaban J connectivity index is 2.52. The van der Waals surface area contributed by atoms with Crippen molar-refractivity contribution in [3.8, 4) is 11.5 Å². The highest BCUT2D eigenvalue weighted by Crippen LogP contribution is 2.34. The molecule has 36 heavy (non-hydrogen) atoms. The molecule has 13 nitrogen and oxygen atoms in total. The van der Waals surface area contributed by atoms with E-state index in [-0.39, 0.29) is 23.7 Å². The van der Waals surface area contributed by atoms with Crippen molar-refractivity contribution in [2.45, 2.75) is 58.3 Å². The number of ether oxygens (including phenoxy) is 7. The van der Waals surface area contributed by atoms with Crippen molar-refractivity contribution in [1.29, 1.82) is 0 Å². The molecule has 0 spiro atoms. The summed E-state index contributed by atoms with van der Waals surface area (Å²) >= 11 is 0. The molecule has 1 aliphatic heterocycles. The van der Waals surface area contributed by atoms with Crippen LogP contribution in [0.4, 0.5) is 0 Å². The number of hydrogen-bond donors (Lipinski definition) is 1. The first-order valence-corrected chi connectivity index (χ1v) is 10.8. The van der Waals surface area contributed by atoms with Crippen LogP contribution in [0.5, 0.6) is 11.5 Å². The average molecular weight is 511 g/mol. The van der Waals surface area contributed by atoms with E-state index >= 15 is 0 Å². The summed E-state index contributed by atoms with van der Waals surface area (Å²) in [5, 5.41) is 2.59. The van der Waals surface area contributed by atoms with Gasteiger partial charge < -0.3 is 38.5 Å². The summed E-state index contributed by atoms with van der Waals surface area (Å²) in [5.74, 6) is -3.00. The van der Waals surface area contributed by atoms with Crippen molar-refractivity contribution in [1.82, 2.24) is 5.32 Å². The van der Waals surface area contributed by atoms with Gasteiger partial charge in [0, 0.05) is 27.7 Å². The van der Waals surface area contributed by atoms with Crippen molar-refractivity contribution < 1.29 is 57.1 Å². The van der Waals surface area contributed by atoms with E-state index in [0.717, 1.165) is 13.8 Å². The third kappa shape index (κ3) is 7.57. The Hall–Kier alpha value is -3.87. The van der Waals surface area contributed by atoms with Crippen LogP contribution in [0.2, 0.25) is 0 Å². The van der Waals surface area contributed by atoms with E-state index in [1.165, 1.54) is 46.3 Å². The van der Waals surface area contributed by atoms with Crippen LogP contribution < -0.4 is 14.8 Å². The van der Waals surface area contributed by atoms with E-state index in [9.17, 15) is 24.0 Å². The normalized spacial score (nSPS) is 23.0. The van der Waals surface area contributed by atoms with Crippen LogP contribution in [-0.4, -0.2) is 81.3 Å². The first-order valence-electron chi connectivity index (χ1n) is 10.8. The van der Waals surface area contributed by atoms with E-state index in [4.69, 9.17) is 33.2 Å². The Morgan fingerprint density at radius 3 is 2.06 bits per heavy atom. The second-order valence-electron chi connectivity index (χ2n) is 7.69. The molecule has 0 bridgehead atoms. The summed E-state index contributed by atoms with van der Waals surface area (Å²) in [6.07, 6.45) is -5.03. The van der Waals surface area contributed by atoms with Gasteiger partial charge >= 0.3 is 23.9 Å². The lowest BCUT2D eigenvalue weighted by Crippen LogP contribution is -2.67. The molecule has 1 fully saturated rings. The molecule has 0 aromatic heterocycles. The number of esters is 4. The minimum absolute atomic E-state index is 0.101. The van der Waals surface area contributed by atoms with Gasteiger partial charge in [0.2, 0.25) is 12.2 Å². The van der Waals surface area contributed by atoms with E-state index in [1.54, 1.807) is 0 Å². The molecule has 1 saturated heterocycles. The Morgan fingerprint density at radius 1 is 0.889 bits per heavy atom. The number of carbonyl (C=O) groups is 5. The van der Waals surface area contributed by atoms with Gasteiger partial charge in [-0.05, 0) is 18.2 Å². The molecule has 1 amide bonds. The number of benzene rings is 1. The number of nitrogens with one attached hydrogen (secondary N) is 1. The van der Waals surface area contributed by atoms with Gasteiger partial charge in [-0.25, -0.2) is 4.79 Å². The molecule has 1 aromatic rings. The fourth-order valence-electron chi connectivity index (χ4n) is 3.53. The van der Waals surface area contributed by atoms with Crippen molar-refractivity contribution >= 4 is 29.8 Å². The van der Waals surface area contributed by atoms with Gasteiger partial charge in [-0.15, -0.1) is 0 Å². The minimum Gasteiger partial charge on any atom is -0.493 e. The van der Waals surface area contributed by atoms with Gasteiger partial charge in [0.05, 0.1) is 19.8 Å². The van der Waals surface area contributed by atoms with Crippen LogP contribution in [0.3, 0.4) is 0 Å². The number of rotatable bonds is 9. The molecule has 0 unspecified atom stereocenters. The van der Waals surface area contributed by atoms with E-state index in [2.05, 4.69) is 5.32 Å². The highest BCUT2D eigenvalue weighted by Gasteiger charge is 2.52. The van der Waals surface area contributed by atoms with Crippen LogP contribution in [0.25, 0.3) is 0 Å². The highest BCUT2D eigenvalue weighted by molar-refractivity contribution is 5.90. The van der Waals surface area contributed by atoms with Crippen molar-refractivity contribution in [2.24, 2.45) is 0 Å². The zero-order valence-electron chi connectivity index (χ0n) is 20.7. The molecule has 198 valence electrons. The van der Waals surface area contributed by atoms with Crippen molar-refractivity contribution in [3.05, 3.63) is 23.8 Å². The number of carbonyl (C=O) groups excluding carboxylic acids is 5. The largest absolute Gasteiger partial charge is 0.493 e. The molecule has 13 heteroatoms. The molecular weight excluding hydrogens is 482 g/mol. The second kappa shape index (κ2) is 12.7. The molecular formula is C23H29NO12. The SMILES string of the molecule is COC(=O)c1ccc(O[C@@H]2O[C@@H](COC(C)=O)[C@@H](OC(C)=O)[C@@H](OC(C)=O)[C@@H]2NC(C)=O)c(OC)c1. The summed E-state index contributed by atoms with van der Waals surface area (Å²) in [6, 6.07) is 3.04. The summed E-state index contributed by atoms with van der Waals surface area (Å²) < 4.78 is 37.7. The molecule has 2 rings (SSSR count). The van der Waals surface area contributed by atoms with Gasteiger partial charge in [0.1, 0.15) is 18.8 Å². The van der Waals surface area contributed by atoms with E-state index in [0.29, 0.717) is 0 Å². The van der Waals surface area contributed by atoms with E-state index in [1.807, 2.05) is 0 Å².